The van der Waals surface area contributed by atoms with Gasteiger partial charge in [0.05, 0.1) is 0 Å². The van der Waals surface area contributed by atoms with Gasteiger partial charge in [0.25, 0.3) is 0 Å². The van der Waals surface area contributed by atoms with E-state index in [1.54, 1.807) is 6.07 Å². The Bertz CT molecular complexity index is 418. The maximum atomic E-state index is 13.4. The third-order valence-corrected chi connectivity index (χ3v) is 4.37. The van der Waals surface area contributed by atoms with Crippen molar-refractivity contribution < 1.29 is 9.50 Å². The Morgan fingerprint density at radius 1 is 1.30 bits per heavy atom. The molecule has 1 saturated carbocycles. The minimum atomic E-state index is -0.380. The molecule has 3 N–H and O–H groups in total. The third kappa shape index (κ3) is 3.70. The molecule has 1 aromatic carbocycles. The number of halogens is 1. The molecular weight excluding hydrogens is 255 g/mol. The Hall–Kier alpha value is -1.13. The molecule has 2 atom stereocenters. The highest BCUT2D eigenvalue weighted by atomic mass is 19.1. The van der Waals surface area contributed by atoms with Crippen molar-refractivity contribution in [3.63, 3.8) is 0 Å². The van der Waals surface area contributed by atoms with Crippen LogP contribution in [-0.2, 0) is 6.54 Å². The summed E-state index contributed by atoms with van der Waals surface area (Å²) in [5.74, 6) is 0.149. The minimum absolute atomic E-state index is 0.00456. The van der Waals surface area contributed by atoms with Gasteiger partial charge in [-0.1, -0.05) is 19.8 Å². The van der Waals surface area contributed by atoms with Crippen LogP contribution in [0.1, 0.15) is 38.2 Å². The van der Waals surface area contributed by atoms with Crippen molar-refractivity contribution in [3.8, 4) is 5.75 Å². The van der Waals surface area contributed by atoms with Crippen molar-refractivity contribution in [2.45, 2.75) is 45.2 Å². The highest BCUT2D eigenvalue weighted by molar-refractivity contribution is 5.28. The molecule has 1 aliphatic rings. The summed E-state index contributed by atoms with van der Waals surface area (Å²) in [6.45, 7) is 4.43. The summed E-state index contributed by atoms with van der Waals surface area (Å²) in [6, 6.07) is 4.77. The van der Waals surface area contributed by atoms with Crippen LogP contribution in [0, 0.1) is 11.7 Å². The van der Waals surface area contributed by atoms with Gasteiger partial charge in [0.2, 0.25) is 0 Å². The number of phenolic OH excluding ortho intramolecular Hbond substituents is 1. The van der Waals surface area contributed by atoms with Crippen LogP contribution in [0.2, 0.25) is 0 Å². The maximum Gasteiger partial charge on any atom is 0.127 e. The predicted octanol–water partition coefficient (Wildman–Crippen LogP) is 2.87. The lowest BCUT2D eigenvalue weighted by Crippen LogP contribution is -2.44. The number of rotatable bonds is 5. The summed E-state index contributed by atoms with van der Waals surface area (Å²) in [6.07, 6.45) is 4.85. The van der Waals surface area contributed by atoms with E-state index in [9.17, 15) is 9.50 Å². The first kappa shape index (κ1) is 15.3. The number of hydrogen-bond acceptors (Lipinski definition) is 3. The molecule has 0 radical (unpaired) electrons. The molecule has 2 rings (SSSR count). The highest BCUT2D eigenvalue weighted by Gasteiger charge is 2.28. The van der Waals surface area contributed by atoms with E-state index in [1.807, 2.05) is 0 Å². The largest absolute Gasteiger partial charge is 0.508 e. The zero-order valence-corrected chi connectivity index (χ0v) is 12.2. The van der Waals surface area contributed by atoms with Gasteiger partial charge in [-0.05, 0) is 49.5 Å². The van der Waals surface area contributed by atoms with Crippen LogP contribution in [0.15, 0.2) is 18.2 Å². The van der Waals surface area contributed by atoms with Crippen LogP contribution in [0.25, 0.3) is 0 Å². The smallest absolute Gasteiger partial charge is 0.127 e. The zero-order chi connectivity index (χ0) is 14.5. The summed E-state index contributed by atoms with van der Waals surface area (Å²) in [4.78, 5) is 2.37. The van der Waals surface area contributed by atoms with Crippen molar-refractivity contribution in [1.82, 2.24) is 4.90 Å². The van der Waals surface area contributed by atoms with E-state index in [0.717, 1.165) is 31.1 Å². The molecule has 0 aromatic heterocycles. The Kier molecular flexibility index (Phi) is 5.38. The van der Waals surface area contributed by atoms with Gasteiger partial charge in [-0.25, -0.2) is 4.39 Å². The highest BCUT2D eigenvalue weighted by Crippen LogP contribution is 2.29. The lowest BCUT2D eigenvalue weighted by Gasteiger charge is -2.39. The Morgan fingerprint density at radius 2 is 2.05 bits per heavy atom. The average Bonchev–Trinajstić information content (AvgIpc) is 2.43. The average molecular weight is 280 g/mol. The molecule has 1 fully saturated rings. The molecule has 0 saturated heterocycles. The van der Waals surface area contributed by atoms with Gasteiger partial charge in [0, 0.05) is 18.7 Å². The topological polar surface area (TPSA) is 49.5 Å². The molecule has 0 heterocycles. The van der Waals surface area contributed by atoms with Gasteiger partial charge >= 0.3 is 0 Å². The van der Waals surface area contributed by atoms with Crippen LogP contribution in [0.5, 0.6) is 5.75 Å². The van der Waals surface area contributed by atoms with E-state index >= 15 is 0 Å². The fraction of sp³-hybridized carbons (Fsp3) is 0.625. The number of phenols is 1. The van der Waals surface area contributed by atoms with Crippen LogP contribution < -0.4 is 5.73 Å². The summed E-state index contributed by atoms with van der Waals surface area (Å²) < 4.78 is 13.4. The number of nitrogens with two attached hydrogens (primary N) is 1. The lowest BCUT2D eigenvalue weighted by molar-refractivity contribution is 0.105. The monoisotopic (exact) mass is 280 g/mol. The van der Waals surface area contributed by atoms with Gasteiger partial charge in [-0.3, -0.25) is 4.90 Å². The van der Waals surface area contributed by atoms with E-state index in [-0.39, 0.29) is 11.6 Å². The van der Waals surface area contributed by atoms with Crippen LogP contribution in [-0.4, -0.2) is 29.1 Å². The van der Waals surface area contributed by atoms with E-state index in [4.69, 9.17) is 5.73 Å². The molecular formula is C16H25FN2O. The van der Waals surface area contributed by atoms with Crippen molar-refractivity contribution in [1.29, 1.82) is 0 Å². The number of nitrogens with zero attached hydrogens (tertiary/aromatic N) is 1. The van der Waals surface area contributed by atoms with Crippen molar-refractivity contribution in [2.75, 3.05) is 13.1 Å². The SMILES string of the molecule is CCN(Cc1cc(O)cc(F)c1)C1CCCCC1CN. The number of aromatic hydroxyl groups is 1. The van der Waals surface area contributed by atoms with E-state index in [2.05, 4.69) is 11.8 Å². The van der Waals surface area contributed by atoms with Gasteiger partial charge in [-0.2, -0.15) is 0 Å². The standard InChI is InChI=1S/C16H25FN2O/c1-2-19(16-6-4-3-5-13(16)10-18)11-12-7-14(17)9-15(20)8-12/h7-9,13,16,20H,2-6,10-11,18H2,1H3. The molecule has 2 unspecified atom stereocenters. The fourth-order valence-corrected chi connectivity index (χ4v) is 3.37. The van der Waals surface area contributed by atoms with Crippen LogP contribution >= 0.6 is 0 Å². The van der Waals surface area contributed by atoms with Crippen LogP contribution in [0.3, 0.4) is 0 Å². The lowest BCUT2D eigenvalue weighted by atomic mass is 9.83. The van der Waals surface area contributed by atoms with Crippen molar-refractivity contribution >= 4 is 0 Å². The maximum absolute atomic E-state index is 13.4. The van der Waals surface area contributed by atoms with E-state index < -0.39 is 0 Å². The number of hydrogen-bond donors (Lipinski definition) is 2. The normalized spacial score (nSPS) is 23.2. The quantitative estimate of drug-likeness (QED) is 0.872. The van der Waals surface area contributed by atoms with E-state index in [0.29, 0.717) is 18.5 Å². The molecule has 1 aliphatic carbocycles. The first-order valence-electron chi connectivity index (χ1n) is 7.56. The van der Waals surface area contributed by atoms with Gasteiger partial charge in [0.15, 0.2) is 0 Å². The molecule has 0 spiro atoms. The van der Waals surface area contributed by atoms with Gasteiger partial charge < -0.3 is 10.8 Å². The third-order valence-electron chi connectivity index (χ3n) is 4.37. The van der Waals surface area contributed by atoms with Crippen LogP contribution in [0.4, 0.5) is 4.39 Å². The number of benzene rings is 1. The van der Waals surface area contributed by atoms with Crippen molar-refractivity contribution in [3.05, 3.63) is 29.6 Å². The summed E-state index contributed by atoms with van der Waals surface area (Å²) >= 11 is 0. The first-order chi connectivity index (χ1) is 9.63. The molecule has 4 heteroatoms. The second-order valence-electron chi connectivity index (χ2n) is 5.73. The molecule has 0 aliphatic heterocycles. The Labute approximate surface area is 120 Å². The molecule has 112 valence electrons. The molecule has 20 heavy (non-hydrogen) atoms. The molecule has 1 aromatic rings. The molecule has 0 bridgehead atoms. The Morgan fingerprint density at radius 3 is 2.70 bits per heavy atom. The second kappa shape index (κ2) is 7.04. The molecule has 3 nitrogen and oxygen atoms in total. The Balaban J connectivity index is 2.11. The predicted molar refractivity (Wildman–Crippen MR) is 78.9 cm³/mol. The van der Waals surface area contributed by atoms with E-state index in [1.165, 1.54) is 25.3 Å². The van der Waals surface area contributed by atoms with Crippen molar-refractivity contribution in [2.24, 2.45) is 11.7 Å². The zero-order valence-electron chi connectivity index (χ0n) is 12.2. The second-order valence-corrected chi connectivity index (χ2v) is 5.73. The van der Waals surface area contributed by atoms with Gasteiger partial charge in [0.1, 0.15) is 11.6 Å². The summed E-state index contributed by atoms with van der Waals surface area (Å²) in [5, 5.41) is 9.51. The fourth-order valence-electron chi connectivity index (χ4n) is 3.37. The molecule has 0 amide bonds. The first-order valence-corrected chi connectivity index (χ1v) is 7.56. The minimum Gasteiger partial charge on any atom is -0.508 e. The summed E-state index contributed by atoms with van der Waals surface area (Å²) in [5.41, 5.74) is 6.73. The van der Waals surface area contributed by atoms with Gasteiger partial charge in [-0.15, -0.1) is 0 Å². The summed E-state index contributed by atoms with van der Waals surface area (Å²) in [7, 11) is 0.